The van der Waals surface area contributed by atoms with Gasteiger partial charge in [0.1, 0.15) is 0 Å². The molecule has 0 unspecified atom stereocenters. The van der Waals surface area contributed by atoms with Crippen LogP contribution in [0.3, 0.4) is 0 Å². The van der Waals surface area contributed by atoms with Crippen molar-refractivity contribution in [2.24, 2.45) is 5.73 Å². The Morgan fingerprint density at radius 1 is 1.29 bits per heavy atom. The van der Waals surface area contributed by atoms with Crippen molar-refractivity contribution in [1.29, 1.82) is 0 Å². The van der Waals surface area contributed by atoms with E-state index in [0.29, 0.717) is 18.3 Å². The lowest BCUT2D eigenvalue weighted by Crippen LogP contribution is -2.01. The van der Waals surface area contributed by atoms with Gasteiger partial charge in [0, 0.05) is 6.42 Å². The van der Waals surface area contributed by atoms with E-state index in [4.69, 9.17) is 10.3 Å². The van der Waals surface area contributed by atoms with Crippen LogP contribution in [0.4, 0.5) is 0 Å². The molecule has 17 heavy (non-hydrogen) atoms. The van der Waals surface area contributed by atoms with E-state index in [9.17, 15) is 0 Å². The van der Waals surface area contributed by atoms with E-state index in [2.05, 4.69) is 20.3 Å². The minimum Gasteiger partial charge on any atom is -0.334 e. The van der Waals surface area contributed by atoms with Crippen molar-refractivity contribution in [1.82, 2.24) is 20.3 Å². The van der Waals surface area contributed by atoms with Gasteiger partial charge in [-0.25, -0.2) is 0 Å². The van der Waals surface area contributed by atoms with Gasteiger partial charge < -0.3 is 10.3 Å². The second-order valence-electron chi connectivity index (χ2n) is 3.89. The highest BCUT2D eigenvalue weighted by Gasteiger charge is 2.12. The Kier molecular flexibility index (Phi) is 3.43. The minimum atomic E-state index is 0.493. The second-order valence-corrected chi connectivity index (χ2v) is 3.89. The molecule has 2 heterocycles. The molecular weight excluding hydrogens is 218 g/mol. The van der Waals surface area contributed by atoms with Gasteiger partial charge in [-0.15, -0.1) is 0 Å². The van der Waals surface area contributed by atoms with Crippen LogP contribution in [0.1, 0.15) is 23.6 Å². The first-order chi connectivity index (χ1) is 8.20. The fourth-order valence-corrected chi connectivity index (χ4v) is 1.49. The molecule has 6 heteroatoms. The summed E-state index contributed by atoms with van der Waals surface area (Å²) >= 11 is 0. The molecule has 0 atom stereocenters. The molecule has 2 aromatic rings. The predicted octanol–water partition coefficient (Wildman–Crippen LogP) is 1.03. The molecule has 2 aromatic heterocycles. The van der Waals surface area contributed by atoms with E-state index in [-0.39, 0.29) is 0 Å². The highest BCUT2D eigenvalue weighted by Crippen LogP contribution is 2.20. The predicted molar refractivity (Wildman–Crippen MR) is 62.2 cm³/mol. The van der Waals surface area contributed by atoms with Crippen molar-refractivity contribution in [2.75, 3.05) is 6.54 Å². The molecule has 0 spiro atoms. The van der Waals surface area contributed by atoms with Gasteiger partial charge in [0.2, 0.25) is 0 Å². The van der Waals surface area contributed by atoms with E-state index in [1.54, 1.807) is 0 Å². The molecule has 0 aliphatic rings. The maximum Gasteiger partial charge on any atom is 0.259 e. The molecule has 0 saturated heterocycles. The number of aryl methyl sites for hydroxylation is 3. The fraction of sp³-hybridized carbons (Fsp3) is 0.455. The minimum absolute atomic E-state index is 0.493. The average molecular weight is 233 g/mol. The molecule has 90 valence electrons. The lowest BCUT2D eigenvalue weighted by molar-refractivity contribution is 0.421. The molecule has 0 radical (unpaired) electrons. The van der Waals surface area contributed by atoms with Gasteiger partial charge in [0.25, 0.3) is 5.89 Å². The summed E-state index contributed by atoms with van der Waals surface area (Å²) in [5.74, 6) is 1.17. The molecule has 6 nitrogen and oxygen atoms in total. The largest absolute Gasteiger partial charge is 0.334 e. The standard InChI is InChI=1S/C11H15N5O/c1-7-6-9(8(2)15-14-7)11-13-10(16-17-11)4-3-5-12/h6H,3-5,12H2,1-2H3. The SMILES string of the molecule is Cc1cc(-c2nc(CCCN)no2)c(C)nn1. The van der Waals surface area contributed by atoms with E-state index >= 15 is 0 Å². The third kappa shape index (κ3) is 2.65. The molecule has 0 fully saturated rings. The van der Waals surface area contributed by atoms with E-state index in [1.807, 2.05) is 19.9 Å². The van der Waals surface area contributed by atoms with Crippen molar-refractivity contribution < 1.29 is 4.52 Å². The van der Waals surface area contributed by atoms with Crippen LogP contribution in [-0.2, 0) is 6.42 Å². The summed E-state index contributed by atoms with van der Waals surface area (Å²) in [6.07, 6.45) is 1.59. The Hall–Kier alpha value is -1.82. The van der Waals surface area contributed by atoms with Crippen molar-refractivity contribution in [3.8, 4) is 11.5 Å². The molecule has 0 aliphatic heterocycles. The number of hydrogen-bond acceptors (Lipinski definition) is 6. The lowest BCUT2D eigenvalue weighted by Gasteiger charge is -1.98. The van der Waals surface area contributed by atoms with Crippen LogP contribution in [0, 0.1) is 13.8 Å². The summed E-state index contributed by atoms with van der Waals surface area (Å²) in [6.45, 7) is 4.37. The van der Waals surface area contributed by atoms with Crippen molar-refractivity contribution in [3.63, 3.8) is 0 Å². The van der Waals surface area contributed by atoms with Crippen LogP contribution in [-0.4, -0.2) is 26.9 Å². The molecule has 2 rings (SSSR count). The zero-order chi connectivity index (χ0) is 12.3. The summed E-state index contributed by atoms with van der Waals surface area (Å²) in [7, 11) is 0. The van der Waals surface area contributed by atoms with Crippen LogP contribution < -0.4 is 5.73 Å². The van der Waals surface area contributed by atoms with Gasteiger partial charge in [0.15, 0.2) is 5.82 Å². The molecule has 0 bridgehead atoms. The van der Waals surface area contributed by atoms with Crippen molar-refractivity contribution in [2.45, 2.75) is 26.7 Å². The smallest absolute Gasteiger partial charge is 0.259 e. The third-order valence-corrected chi connectivity index (χ3v) is 2.40. The van der Waals surface area contributed by atoms with Crippen molar-refractivity contribution >= 4 is 0 Å². The highest BCUT2D eigenvalue weighted by molar-refractivity contribution is 5.55. The van der Waals surface area contributed by atoms with Crippen LogP contribution in [0.5, 0.6) is 0 Å². The van der Waals surface area contributed by atoms with Crippen LogP contribution in [0.15, 0.2) is 10.6 Å². The molecule has 0 saturated carbocycles. The average Bonchev–Trinajstić information content (AvgIpc) is 2.78. The Morgan fingerprint density at radius 2 is 2.12 bits per heavy atom. The maximum atomic E-state index is 5.43. The van der Waals surface area contributed by atoms with Gasteiger partial charge in [-0.1, -0.05) is 5.16 Å². The molecular formula is C11H15N5O. The molecule has 0 amide bonds. The number of hydrogen-bond donors (Lipinski definition) is 1. The third-order valence-electron chi connectivity index (χ3n) is 2.40. The van der Waals surface area contributed by atoms with E-state index in [1.165, 1.54) is 0 Å². The Morgan fingerprint density at radius 3 is 2.88 bits per heavy atom. The zero-order valence-corrected chi connectivity index (χ0v) is 9.97. The quantitative estimate of drug-likeness (QED) is 0.848. The Bertz CT molecular complexity index is 508. The normalized spacial score (nSPS) is 10.8. The number of aromatic nitrogens is 4. The van der Waals surface area contributed by atoms with E-state index in [0.717, 1.165) is 29.8 Å². The fourth-order valence-electron chi connectivity index (χ4n) is 1.49. The Labute approximate surface area is 99.2 Å². The van der Waals surface area contributed by atoms with Crippen LogP contribution in [0.25, 0.3) is 11.5 Å². The summed E-state index contributed by atoms with van der Waals surface area (Å²) < 4.78 is 5.21. The summed E-state index contributed by atoms with van der Waals surface area (Å²) in [6, 6.07) is 1.89. The van der Waals surface area contributed by atoms with Crippen LogP contribution >= 0.6 is 0 Å². The molecule has 2 N–H and O–H groups in total. The topological polar surface area (TPSA) is 90.7 Å². The number of rotatable bonds is 4. The number of nitrogens with zero attached hydrogens (tertiary/aromatic N) is 4. The monoisotopic (exact) mass is 233 g/mol. The van der Waals surface area contributed by atoms with E-state index < -0.39 is 0 Å². The van der Waals surface area contributed by atoms with Gasteiger partial charge in [-0.3, -0.25) is 0 Å². The van der Waals surface area contributed by atoms with Gasteiger partial charge in [-0.2, -0.15) is 15.2 Å². The summed E-state index contributed by atoms with van der Waals surface area (Å²) in [4.78, 5) is 4.32. The first-order valence-corrected chi connectivity index (χ1v) is 5.54. The van der Waals surface area contributed by atoms with Gasteiger partial charge in [-0.05, 0) is 32.9 Å². The number of nitrogens with two attached hydrogens (primary N) is 1. The van der Waals surface area contributed by atoms with Crippen molar-refractivity contribution in [3.05, 3.63) is 23.3 Å². The molecule has 0 aliphatic carbocycles. The zero-order valence-electron chi connectivity index (χ0n) is 9.97. The molecule has 0 aromatic carbocycles. The Balaban J connectivity index is 2.27. The first-order valence-electron chi connectivity index (χ1n) is 5.54. The van der Waals surface area contributed by atoms with Crippen LogP contribution in [0.2, 0.25) is 0 Å². The first kappa shape index (κ1) is 11.7. The highest BCUT2D eigenvalue weighted by atomic mass is 16.5. The summed E-state index contributed by atoms with van der Waals surface area (Å²) in [5.41, 5.74) is 7.88. The lowest BCUT2D eigenvalue weighted by atomic mass is 10.2. The summed E-state index contributed by atoms with van der Waals surface area (Å²) in [5, 5.41) is 11.9. The van der Waals surface area contributed by atoms with Gasteiger partial charge >= 0.3 is 0 Å². The second kappa shape index (κ2) is 5.01. The maximum absolute atomic E-state index is 5.43. The van der Waals surface area contributed by atoms with Gasteiger partial charge in [0.05, 0.1) is 17.0 Å².